The first-order chi connectivity index (χ1) is 12.7. The molecular formula is C19H15ClF4N2O. The van der Waals surface area contributed by atoms with Crippen LogP contribution in [0.25, 0.3) is 0 Å². The molecule has 0 bridgehead atoms. The van der Waals surface area contributed by atoms with Crippen LogP contribution in [0.5, 0.6) is 0 Å². The molecule has 2 aliphatic heterocycles. The summed E-state index contributed by atoms with van der Waals surface area (Å²) >= 11 is 5.99. The van der Waals surface area contributed by atoms with Gasteiger partial charge < -0.3 is 10.6 Å². The average Bonchev–Trinajstić information content (AvgIpc) is 2.85. The molecule has 0 radical (unpaired) electrons. The van der Waals surface area contributed by atoms with Gasteiger partial charge >= 0.3 is 6.18 Å². The Balaban J connectivity index is 1.94. The highest BCUT2D eigenvalue weighted by molar-refractivity contribution is 6.31. The number of anilines is 1. The van der Waals surface area contributed by atoms with E-state index in [0.717, 1.165) is 18.2 Å². The van der Waals surface area contributed by atoms with Gasteiger partial charge in [0.1, 0.15) is 5.82 Å². The van der Waals surface area contributed by atoms with Gasteiger partial charge in [0.15, 0.2) is 0 Å². The minimum absolute atomic E-state index is 0.264. The molecule has 1 amide bonds. The van der Waals surface area contributed by atoms with E-state index in [1.54, 1.807) is 18.2 Å². The molecule has 4 rings (SSSR count). The first-order valence-electron chi connectivity index (χ1n) is 8.45. The first-order valence-corrected chi connectivity index (χ1v) is 8.83. The van der Waals surface area contributed by atoms with Crippen molar-refractivity contribution in [2.45, 2.75) is 30.5 Å². The lowest BCUT2D eigenvalue weighted by molar-refractivity contribution is -0.139. The third-order valence-corrected chi connectivity index (χ3v) is 5.57. The minimum Gasteiger partial charge on any atom is -0.325 e. The topological polar surface area (TPSA) is 41.1 Å². The molecule has 2 aliphatic rings. The van der Waals surface area contributed by atoms with E-state index in [-0.39, 0.29) is 5.56 Å². The molecule has 0 aromatic heterocycles. The van der Waals surface area contributed by atoms with Crippen molar-refractivity contribution >= 4 is 23.2 Å². The molecule has 0 unspecified atom stereocenters. The molecule has 0 aliphatic carbocycles. The number of carbonyl (C=O) groups excluding carboxylic acids is 1. The number of benzene rings is 2. The number of rotatable bonds is 1. The zero-order chi connectivity index (χ0) is 19.4. The van der Waals surface area contributed by atoms with Gasteiger partial charge in [0.25, 0.3) is 0 Å². The van der Waals surface area contributed by atoms with Crippen LogP contribution in [-0.4, -0.2) is 12.5 Å². The zero-order valence-electron chi connectivity index (χ0n) is 14.0. The summed E-state index contributed by atoms with van der Waals surface area (Å²) in [5.74, 6) is -1.19. The second-order valence-corrected chi connectivity index (χ2v) is 7.27. The maximum Gasteiger partial charge on any atom is 0.416 e. The maximum absolute atomic E-state index is 13.9. The molecule has 2 N–H and O–H groups in total. The number of halogens is 5. The fraction of sp³-hybridized carbons (Fsp3) is 0.316. The molecular weight excluding hydrogens is 384 g/mol. The maximum atomic E-state index is 13.9. The summed E-state index contributed by atoms with van der Waals surface area (Å²) in [6, 6.07) is 6.20. The highest BCUT2D eigenvalue weighted by Crippen LogP contribution is 2.52. The Morgan fingerprint density at radius 2 is 1.93 bits per heavy atom. The van der Waals surface area contributed by atoms with E-state index < -0.39 is 34.9 Å². The highest BCUT2D eigenvalue weighted by atomic mass is 35.5. The van der Waals surface area contributed by atoms with E-state index in [2.05, 4.69) is 10.6 Å². The van der Waals surface area contributed by atoms with Gasteiger partial charge in [-0.3, -0.25) is 4.79 Å². The second-order valence-electron chi connectivity index (χ2n) is 6.84. The van der Waals surface area contributed by atoms with Crippen LogP contribution >= 0.6 is 11.6 Å². The minimum atomic E-state index is -4.67. The van der Waals surface area contributed by atoms with Crippen molar-refractivity contribution in [3.63, 3.8) is 0 Å². The molecule has 1 saturated heterocycles. The summed E-state index contributed by atoms with van der Waals surface area (Å²) in [4.78, 5) is 13.0. The summed E-state index contributed by atoms with van der Waals surface area (Å²) in [6.45, 7) is 0.427. The molecule has 2 heterocycles. The number of fused-ring (bicyclic) bond motifs is 2. The third-order valence-electron chi connectivity index (χ3n) is 5.33. The van der Waals surface area contributed by atoms with Crippen molar-refractivity contribution < 1.29 is 22.4 Å². The number of hydrogen-bond donors (Lipinski definition) is 2. The molecule has 27 heavy (non-hydrogen) atoms. The number of alkyl halides is 3. The van der Waals surface area contributed by atoms with Gasteiger partial charge in [-0.05, 0) is 60.8 Å². The summed E-state index contributed by atoms with van der Waals surface area (Å²) in [7, 11) is 0. The number of amides is 1. The number of nitrogens with one attached hydrogen (secondary N) is 2. The number of piperidine rings is 1. The van der Waals surface area contributed by atoms with E-state index >= 15 is 0 Å². The molecule has 2 atom stereocenters. The average molecular weight is 399 g/mol. The molecule has 0 saturated carbocycles. The summed E-state index contributed by atoms with van der Waals surface area (Å²) in [5, 5.41) is 6.18. The summed E-state index contributed by atoms with van der Waals surface area (Å²) in [6.07, 6.45) is -3.72. The van der Waals surface area contributed by atoms with Crippen LogP contribution in [0.1, 0.15) is 35.6 Å². The molecule has 8 heteroatoms. The van der Waals surface area contributed by atoms with E-state index in [4.69, 9.17) is 11.6 Å². The standard InChI is InChI=1S/C19H15ClF4N2O/c20-10-2-4-14-15(8-10)26-17(27)18(14)6-1-7-25-16(18)12-9-11(21)3-5-13(12)19(22,23)24/h2-5,8-9,16,25H,1,6-7H2,(H,26,27)/t16-,18-/m1/s1. The van der Waals surface area contributed by atoms with E-state index in [0.29, 0.717) is 35.7 Å². The fourth-order valence-corrected chi connectivity index (χ4v) is 4.41. The molecule has 1 fully saturated rings. The summed E-state index contributed by atoms with van der Waals surface area (Å²) in [5.41, 5.74) is -1.41. The monoisotopic (exact) mass is 398 g/mol. The fourth-order valence-electron chi connectivity index (χ4n) is 4.24. The quantitative estimate of drug-likeness (QED) is 0.677. The molecule has 3 nitrogen and oxygen atoms in total. The molecule has 142 valence electrons. The van der Waals surface area contributed by atoms with Gasteiger partial charge in [-0.15, -0.1) is 0 Å². The molecule has 2 aromatic carbocycles. The molecule has 1 spiro atoms. The van der Waals surface area contributed by atoms with Gasteiger partial charge in [0.2, 0.25) is 5.91 Å². The molecule has 2 aromatic rings. The Morgan fingerprint density at radius 1 is 1.15 bits per heavy atom. The SMILES string of the molecule is O=C1Nc2cc(Cl)ccc2[C@@]12CCCN[C@@H]2c1cc(F)ccc1C(F)(F)F. The zero-order valence-corrected chi connectivity index (χ0v) is 14.7. The van der Waals surface area contributed by atoms with Crippen molar-refractivity contribution in [2.24, 2.45) is 0 Å². The predicted octanol–water partition coefficient (Wildman–Crippen LogP) is 4.81. The van der Waals surface area contributed by atoms with Gasteiger partial charge in [-0.2, -0.15) is 13.2 Å². The Kier molecular flexibility index (Phi) is 4.20. The Labute approximate surface area is 157 Å². The van der Waals surface area contributed by atoms with Crippen molar-refractivity contribution in [1.29, 1.82) is 0 Å². The van der Waals surface area contributed by atoms with Crippen LogP contribution < -0.4 is 10.6 Å². The van der Waals surface area contributed by atoms with Gasteiger partial charge in [-0.1, -0.05) is 17.7 Å². The van der Waals surface area contributed by atoms with E-state index in [1.165, 1.54) is 0 Å². The van der Waals surface area contributed by atoms with Crippen LogP contribution in [0.2, 0.25) is 5.02 Å². The predicted molar refractivity (Wildman–Crippen MR) is 93.1 cm³/mol. The van der Waals surface area contributed by atoms with Crippen LogP contribution in [0.15, 0.2) is 36.4 Å². The lowest BCUT2D eigenvalue weighted by atomic mass is 9.67. The Morgan fingerprint density at radius 3 is 2.67 bits per heavy atom. The van der Waals surface area contributed by atoms with Gasteiger partial charge in [-0.25, -0.2) is 4.39 Å². The van der Waals surface area contributed by atoms with Gasteiger partial charge in [0, 0.05) is 10.7 Å². The van der Waals surface area contributed by atoms with E-state index in [9.17, 15) is 22.4 Å². The van der Waals surface area contributed by atoms with Gasteiger partial charge in [0.05, 0.1) is 17.0 Å². The van der Waals surface area contributed by atoms with E-state index in [1.807, 2.05) is 0 Å². The van der Waals surface area contributed by atoms with Crippen molar-refractivity contribution in [1.82, 2.24) is 5.32 Å². The van der Waals surface area contributed by atoms with Crippen LogP contribution in [0, 0.1) is 5.82 Å². The first kappa shape index (κ1) is 18.3. The largest absolute Gasteiger partial charge is 0.416 e. The van der Waals surface area contributed by atoms with Crippen molar-refractivity contribution in [3.05, 3.63) is 63.9 Å². The van der Waals surface area contributed by atoms with Crippen LogP contribution in [-0.2, 0) is 16.4 Å². The second kappa shape index (κ2) is 6.21. The summed E-state index contributed by atoms with van der Waals surface area (Å²) < 4.78 is 54.7. The van der Waals surface area contributed by atoms with Crippen molar-refractivity contribution in [3.8, 4) is 0 Å². The van der Waals surface area contributed by atoms with Crippen LogP contribution in [0.3, 0.4) is 0 Å². The smallest absolute Gasteiger partial charge is 0.325 e. The number of carbonyl (C=O) groups is 1. The Bertz CT molecular complexity index is 930. The number of hydrogen-bond acceptors (Lipinski definition) is 2. The lowest BCUT2D eigenvalue weighted by Gasteiger charge is -2.41. The van der Waals surface area contributed by atoms with Crippen LogP contribution in [0.4, 0.5) is 23.2 Å². The highest BCUT2D eigenvalue weighted by Gasteiger charge is 2.55. The normalized spacial score (nSPS) is 24.8. The lowest BCUT2D eigenvalue weighted by Crippen LogP contribution is -2.51. The van der Waals surface area contributed by atoms with Crippen molar-refractivity contribution in [2.75, 3.05) is 11.9 Å². The Hall–Kier alpha value is -2.12. The third kappa shape index (κ3) is 2.80.